The minimum Gasteiger partial charge on any atom is -0.468 e. The third-order valence-electron chi connectivity index (χ3n) is 2.52. The molecule has 0 aromatic rings. The van der Waals surface area contributed by atoms with Crippen molar-refractivity contribution in [1.29, 1.82) is 0 Å². The molecule has 0 saturated carbocycles. The van der Waals surface area contributed by atoms with E-state index in [9.17, 15) is 9.59 Å². The van der Waals surface area contributed by atoms with E-state index in [-0.39, 0.29) is 12.0 Å². The second kappa shape index (κ2) is 9.58. The molecule has 1 amide bonds. The van der Waals surface area contributed by atoms with Gasteiger partial charge >= 0.3 is 12.1 Å². The number of hydrogen-bond donors (Lipinski definition) is 2. The highest BCUT2D eigenvalue weighted by Crippen LogP contribution is 2.06. The maximum Gasteiger partial charge on any atom is 0.407 e. The quantitative estimate of drug-likeness (QED) is 0.526. The summed E-state index contributed by atoms with van der Waals surface area (Å²) < 4.78 is 9.85. The van der Waals surface area contributed by atoms with Crippen molar-refractivity contribution in [2.75, 3.05) is 20.2 Å². The van der Waals surface area contributed by atoms with Gasteiger partial charge in [-0.25, -0.2) is 4.79 Å². The Labute approximate surface area is 121 Å². The number of carbonyl (C=O) groups is 2. The van der Waals surface area contributed by atoms with E-state index >= 15 is 0 Å². The molecule has 0 aromatic carbocycles. The molecule has 2 N–H and O–H groups in total. The Kier molecular flexibility index (Phi) is 8.96. The first-order chi connectivity index (χ1) is 9.30. The molecule has 118 valence electrons. The van der Waals surface area contributed by atoms with Crippen LogP contribution in [-0.4, -0.2) is 43.9 Å². The van der Waals surface area contributed by atoms with E-state index < -0.39 is 11.7 Å². The minimum atomic E-state index is -0.507. The summed E-state index contributed by atoms with van der Waals surface area (Å²) in [6, 6.07) is -0.319. The largest absolute Gasteiger partial charge is 0.468 e. The molecule has 0 radical (unpaired) electrons. The topological polar surface area (TPSA) is 76.7 Å². The predicted molar refractivity (Wildman–Crippen MR) is 77.6 cm³/mol. The van der Waals surface area contributed by atoms with Gasteiger partial charge in [0.2, 0.25) is 0 Å². The number of alkyl carbamates (subject to hydrolysis) is 1. The lowest BCUT2D eigenvalue weighted by atomic mass is 10.1. The van der Waals surface area contributed by atoms with Crippen molar-refractivity contribution in [1.82, 2.24) is 10.6 Å². The first-order valence-electron chi connectivity index (χ1n) is 7.08. The van der Waals surface area contributed by atoms with Crippen LogP contribution in [0, 0.1) is 0 Å². The fourth-order valence-corrected chi connectivity index (χ4v) is 1.58. The van der Waals surface area contributed by atoms with Gasteiger partial charge in [0.1, 0.15) is 11.6 Å². The second-order valence-corrected chi connectivity index (χ2v) is 5.60. The summed E-state index contributed by atoms with van der Waals surface area (Å²) in [7, 11) is 1.38. The molecule has 0 aliphatic carbocycles. The van der Waals surface area contributed by atoms with Crippen LogP contribution in [0.1, 0.15) is 47.0 Å². The standard InChI is InChI=1S/C14H28N2O4/c1-6-7-8-11(12(17)19-5)15-9-10-16-13(18)20-14(2,3)4/h11,15H,6-10H2,1-5H3,(H,16,18)/t11-/m0/s1. The lowest BCUT2D eigenvalue weighted by Crippen LogP contribution is -2.42. The molecular formula is C14H28N2O4. The number of methoxy groups -OCH3 is 1. The van der Waals surface area contributed by atoms with Gasteiger partial charge in [0, 0.05) is 13.1 Å². The summed E-state index contributed by atoms with van der Waals surface area (Å²) in [5.41, 5.74) is -0.507. The van der Waals surface area contributed by atoms with Crippen molar-refractivity contribution in [3.8, 4) is 0 Å². The second-order valence-electron chi connectivity index (χ2n) is 5.60. The summed E-state index contributed by atoms with van der Waals surface area (Å²) in [6.45, 7) is 8.38. The molecule has 0 aromatic heterocycles. The number of nitrogens with one attached hydrogen (secondary N) is 2. The van der Waals surface area contributed by atoms with Crippen LogP contribution in [0.2, 0.25) is 0 Å². The zero-order valence-corrected chi connectivity index (χ0v) is 13.2. The van der Waals surface area contributed by atoms with Crippen molar-refractivity contribution in [3.63, 3.8) is 0 Å². The number of amides is 1. The van der Waals surface area contributed by atoms with Gasteiger partial charge < -0.3 is 20.1 Å². The molecule has 0 unspecified atom stereocenters. The van der Waals surface area contributed by atoms with E-state index in [0.717, 1.165) is 19.3 Å². The summed E-state index contributed by atoms with van der Waals surface area (Å²) in [4.78, 5) is 22.9. The third kappa shape index (κ3) is 9.61. The van der Waals surface area contributed by atoms with Crippen molar-refractivity contribution >= 4 is 12.1 Å². The van der Waals surface area contributed by atoms with Gasteiger partial charge in [-0.15, -0.1) is 0 Å². The van der Waals surface area contributed by atoms with E-state index in [1.165, 1.54) is 7.11 Å². The minimum absolute atomic E-state index is 0.268. The highest BCUT2D eigenvalue weighted by molar-refractivity contribution is 5.75. The smallest absolute Gasteiger partial charge is 0.407 e. The molecule has 6 heteroatoms. The van der Waals surface area contributed by atoms with Crippen LogP contribution in [0.25, 0.3) is 0 Å². The Bertz CT molecular complexity index is 300. The predicted octanol–water partition coefficient (Wildman–Crippen LogP) is 1.83. The van der Waals surface area contributed by atoms with Crippen molar-refractivity contribution in [3.05, 3.63) is 0 Å². The van der Waals surface area contributed by atoms with Gasteiger partial charge in [0.15, 0.2) is 0 Å². The lowest BCUT2D eigenvalue weighted by molar-refractivity contribution is -0.143. The lowest BCUT2D eigenvalue weighted by Gasteiger charge is -2.20. The van der Waals surface area contributed by atoms with Crippen LogP contribution in [0.5, 0.6) is 0 Å². The normalized spacial score (nSPS) is 12.7. The van der Waals surface area contributed by atoms with Crippen LogP contribution in [-0.2, 0) is 14.3 Å². The van der Waals surface area contributed by atoms with Crippen LogP contribution in [0.15, 0.2) is 0 Å². The first-order valence-corrected chi connectivity index (χ1v) is 7.08. The number of hydrogen-bond acceptors (Lipinski definition) is 5. The molecule has 6 nitrogen and oxygen atoms in total. The van der Waals surface area contributed by atoms with Crippen molar-refractivity contribution < 1.29 is 19.1 Å². The Morgan fingerprint density at radius 1 is 1.20 bits per heavy atom. The van der Waals surface area contributed by atoms with Crippen molar-refractivity contribution in [2.24, 2.45) is 0 Å². The van der Waals surface area contributed by atoms with E-state index in [1.54, 1.807) is 0 Å². The van der Waals surface area contributed by atoms with Gasteiger partial charge in [-0.2, -0.15) is 0 Å². The van der Waals surface area contributed by atoms with E-state index in [4.69, 9.17) is 9.47 Å². The third-order valence-corrected chi connectivity index (χ3v) is 2.52. The van der Waals surface area contributed by atoms with Crippen LogP contribution < -0.4 is 10.6 Å². The average molecular weight is 288 g/mol. The Morgan fingerprint density at radius 2 is 1.85 bits per heavy atom. The average Bonchev–Trinajstić information content (AvgIpc) is 2.35. The maximum absolute atomic E-state index is 11.5. The van der Waals surface area contributed by atoms with E-state index in [1.807, 2.05) is 20.8 Å². The number of unbranched alkanes of at least 4 members (excludes halogenated alkanes) is 1. The molecule has 0 rings (SSSR count). The molecular weight excluding hydrogens is 260 g/mol. The van der Waals surface area contributed by atoms with Gasteiger partial charge in [-0.1, -0.05) is 19.8 Å². The molecule has 0 fully saturated rings. The molecule has 0 aliphatic heterocycles. The highest BCUT2D eigenvalue weighted by Gasteiger charge is 2.18. The number of esters is 1. The maximum atomic E-state index is 11.5. The van der Waals surface area contributed by atoms with E-state index in [2.05, 4.69) is 17.6 Å². The van der Waals surface area contributed by atoms with Gasteiger partial charge in [0.05, 0.1) is 7.11 Å². The fraction of sp³-hybridized carbons (Fsp3) is 0.857. The highest BCUT2D eigenvalue weighted by atomic mass is 16.6. The Balaban J connectivity index is 3.94. The summed E-state index contributed by atoms with van der Waals surface area (Å²) in [6.07, 6.45) is 2.25. The van der Waals surface area contributed by atoms with Gasteiger partial charge in [-0.3, -0.25) is 4.79 Å². The first kappa shape index (κ1) is 18.7. The molecule has 0 bridgehead atoms. The van der Waals surface area contributed by atoms with Crippen LogP contribution in [0.3, 0.4) is 0 Å². The molecule has 0 aliphatic rings. The zero-order chi connectivity index (χ0) is 15.6. The van der Waals surface area contributed by atoms with E-state index in [0.29, 0.717) is 13.1 Å². The summed E-state index contributed by atoms with van der Waals surface area (Å²) in [5, 5.41) is 5.71. The number of rotatable bonds is 8. The Hall–Kier alpha value is -1.30. The molecule has 1 atom stereocenters. The Morgan fingerprint density at radius 3 is 2.35 bits per heavy atom. The molecule has 20 heavy (non-hydrogen) atoms. The van der Waals surface area contributed by atoms with Crippen molar-refractivity contribution in [2.45, 2.75) is 58.6 Å². The summed E-state index contributed by atoms with van der Waals surface area (Å²) >= 11 is 0. The molecule has 0 heterocycles. The van der Waals surface area contributed by atoms with Crippen LogP contribution >= 0.6 is 0 Å². The molecule has 0 spiro atoms. The fourth-order valence-electron chi connectivity index (χ4n) is 1.58. The SMILES string of the molecule is CCCC[C@H](NCCNC(=O)OC(C)(C)C)C(=O)OC. The zero-order valence-electron chi connectivity index (χ0n) is 13.2. The monoisotopic (exact) mass is 288 g/mol. The molecule has 0 saturated heterocycles. The van der Waals surface area contributed by atoms with Crippen LogP contribution in [0.4, 0.5) is 4.79 Å². The number of carbonyl (C=O) groups excluding carboxylic acids is 2. The number of ether oxygens (including phenoxy) is 2. The summed E-state index contributed by atoms with van der Waals surface area (Å²) in [5.74, 6) is -0.268. The van der Waals surface area contributed by atoms with Gasteiger partial charge in [-0.05, 0) is 27.2 Å². The van der Waals surface area contributed by atoms with Gasteiger partial charge in [0.25, 0.3) is 0 Å².